The fourth-order valence-electron chi connectivity index (χ4n) is 5.90. The lowest BCUT2D eigenvalue weighted by Crippen LogP contribution is -2.46. The van der Waals surface area contributed by atoms with Crippen LogP contribution in [0.25, 0.3) is 0 Å². The standard InChI is InChI=1S/C24H25F3N4O2.C12H9F2NO2/c1-2-21(32)18-5-6-20(24(27)29-18)31-9-7-30(8-10-31)14-15-3-4-17-16(11-15)12-22(33)19(28-17)13-23(25)26;13-12(14)5-10-11(17)4-8-3-7(6-16)1-2-9(8)15-10/h3-6,11,23H,2,7-10,12-14H2,1H3;1-3,6,12H,4-5H2. The first-order valence-electron chi connectivity index (χ1n) is 16.1. The van der Waals surface area contributed by atoms with Gasteiger partial charge in [-0.2, -0.15) is 4.39 Å². The first kappa shape index (κ1) is 36.3. The second-order valence-electron chi connectivity index (χ2n) is 12.0. The van der Waals surface area contributed by atoms with Crippen LogP contribution in [-0.2, 0) is 29.0 Å². The fourth-order valence-corrected chi connectivity index (χ4v) is 5.90. The number of alkyl halides is 4. The highest BCUT2D eigenvalue weighted by Gasteiger charge is 2.26. The molecule has 3 aromatic rings. The normalized spacial score (nSPS) is 16.0. The number of nitrogens with zero attached hydrogens (tertiary/aromatic N) is 5. The third-order valence-corrected chi connectivity index (χ3v) is 8.49. The van der Waals surface area contributed by atoms with Crippen LogP contribution in [0.3, 0.4) is 0 Å². The van der Waals surface area contributed by atoms with Crippen LogP contribution in [0.1, 0.15) is 63.7 Å². The van der Waals surface area contributed by atoms with Crippen molar-refractivity contribution in [2.75, 3.05) is 31.1 Å². The van der Waals surface area contributed by atoms with Gasteiger partial charge in [-0.1, -0.05) is 19.1 Å². The van der Waals surface area contributed by atoms with Crippen LogP contribution in [-0.4, -0.2) is 84.0 Å². The van der Waals surface area contributed by atoms with Gasteiger partial charge in [0.15, 0.2) is 17.3 Å². The summed E-state index contributed by atoms with van der Waals surface area (Å²) in [5.74, 6) is -1.57. The first-order chi connectivity index (χ1) is 23.9. The fraction of sp³-hybridized carbons (Fsp3) is 0.361. The molecule has 0 radical (unpaired) electrons. The molecule has 3 aliphatic heterocycles. The molecular formula is C36H34F5N5O4. The van der Waals surface area contributed by atoms with E-state index >= 15 is 0 Å². The Labute approximate surface area is 284 Å². The molecule has 0 spiro atoms. The number of hydrogen-bond acceptors (Lipinski definition) is 9. The van der Waals surface area contributed by atoms with Gasteiger partial charge in [0, 0.05) is 57.5 Å². The molecule has 0 bridgehead atoms. The number of piperazine rings is 1. The number of fused-ring (bicyclic) bond motifs is 2. The van der Waals surface area contributed by atoms with Crippen molar-refractivity contribution in [2.45, 2.75) is 58.4 Å². The molecule has 14 heteroatoms. The molecule has 0 unspecified atom stereocenters. The average molecular weight is 696 g/mol. The van der Waals surface area contributed by atoms with Gasteiger partial charge in [0.2, 0.25) is 18.8 Å². The Morgan fingerprint density at radius 2 is 1.40 bits per heavy atom. The summed E-state index contributed by atoms with van der Waals surface area (Å²) in [5, 5.41) is 0. The Balaban J connectivity index is 0.000000240. The monoisotopic (exact) mass is 695 g/mol. The largest absolute Gasteiger partial charge is 0.365 e. The van der Waals surface area contributed by atoms with Gasteiger partial charge in [0.25, 0.3) is 0 Å². The molecule has 1 aromatic heterocycles. The number of aldehydes is 1. The SMILES string of the molecule is CCC(=O)c1ccc(N2CCN(Cc3ccc4c(c3)CC(=O)C(CC(F)F)=N4)CC2)c(F)n1.O=Cc1ccc2c(c1)CC(=O)C(CC(F)F)=N2. The van der Waals surface area contributed by atoms with Crippen LogP contribution in [0.2, 0.25) is 0 Å². The van der Waals surface area contributed by atoms with E-state index in [0.717, 1.165) is 11.1 Å². The minimum absolute atomic E-state index is 0.0303. The molecule has 50 heavy (non-hydrogen) atoms. The van der Waals surface area contributed by atoms with Crippen molar-refractivity contribution in [1.29, 1.82) is 0 Å². The van der Waals surface area contributed by atoms with Gasteiger partial charge in [-0.05, 0) is 53.1 Å². The first-order valence-corrected chi connectivity index (χ1v) is 16.1. The van der Waals surface area contributed by atoms with Crippen molar-refractivity contribution in [3.63, 3.8) is 0 Å². The van der Waals surface area contributed by atoms with Crippen LogP contribution >= 0.6 is 0 Å². The molecule has 2 aromatic carbocycles. The van der Waals surface area contributed by atoms with E-state index in [0.29, 0.717) is 67.2 Å². The number of benzene rings is 2. The number of halogens is 5. The van der Waals surface area contributed by atoms with E-state index in [9.17, 15) is 41.1 Å². The summed E-state index contributed by atoms with van der Waals surface area (Å²) in [6.45, 7) is 5.03. The highest BCUT2D eigenvalue weighted by molar-refractivity contribution is 6.42. The van der Waals surface area contributed by atoms with Gasteiger partial charge >= 0.3 is 0 Å². The van der Waals surface area contributed by atoms with Gasteiger partial charge in [0.1, 0.15) is 12.0 Å². The minimum Gasteiger partial charge on any atom is -0.365 e. The molecule has 9 nitrogen and oxygen atoms in total. The number of ketones is 3. The number of aromatic nitrogens is 1. The molecule has 0 saturated carbocycles. The Hall–Kier alpha value is -4.98. The van der Waals surface area contributed by atoms with Gasteiger partial charge in [-0.15, -0.1) is 0 Å². The maximum Gasteiger partial charge on any atom is 0.244 e. The minimum atomic E-state index is -2.59. The van der Waals surface area contributed by atoms with Crippen molar-refractivity contribution in [2.24, 2.45) is 9.98 Å². The quantitative estimate of drug-likeness (QED) is 0.105. The maximum atomic E-state index is 14.5. The molecule has 262 valence electrons. The van der Waals surface area contributed by atoms with Crippen molar-refractivity contribution < 1.29 is 41.1 Å². The average Bonchev–Trinajstić information content (AvgIpc) is 3.08. The number of Topliss-reactive ketones (excluding diaryl/α,β-unsaturated/α-hetero) is 3. The summed E-state index contributed by atoms with van der Waals surface area (Å²) >= 11 is 0. The molecule has 0 atom stereocenters. The van der Waals surface area contributed by atoms with Gasteiger partial charge in [-0.25, -0.2) is 32.5 Å². The van der Waals surface area contributed by atoms with Crippen molar-refractivity contribution in [1.82, 2.24) is 9.88 Å². The third-order valence-electron chi connectivity index (χ3n) is 8.49. The summed E-state index contributed by atoms with van der Waals surface area (Å²) in [7, 11) is 0. The van der Waals surface area contributed by atoms with Gasteiger partial charge in [-0.3, -0.25) is 24.1 Å². The summed E-state index contributed by atoms with van der Waals surface area (Å²) in [6.07, 6.45) is -5.32. The third kappa shape index (κ3) is 8.97. The number of pyridine rings is 1. The molecule has 0 N–H and O–H groups in total. The van der Waals surface area contributed by atoms with Gasteiger partial charge in [0.05, 0.1) is 41.3 Å². The number of hydrogen-bond donors (Lipinski definition) is 0. The van der Waals surface area contributed by atoms with Crippen LogP contribution in [0.15, 0.2) is 58.5 Å². The zero-order valence-corrected chi connectivity index (χ0v) is 27.2. The van der Waals surface area contributed by atoms with Gasteiger partial charge < -0.3 is 4.90 Å². The number of aliphatic imine (C=N–C) groups is 2. The van der Waals surface area contributed by atoms with E-state index in [4.69, 9.17) is 0 Å². The molecule has 0 aliphatic carbocycles. The molecule has 6 rings (SSSR count). The van der Waals surface area contributed by atoms with E-state index < -0.39 is 37.4 Å². The zero-order chi connectivity index (χ0) is 35.9. The van der Waals surface area contributed by atoms with Crippen LogP contribution < -0.4 is 4.90 Å². The molecule has 1 saturated heterocycles. The molecule has 0 amide bonds. The van der Waals surface area contributed by atoms with E-state index in [-0.39, 0.29) is 47.9 Å². The topological polar surface area (TPSA) is 112 Å². The van der Waals surface area contributed by atoms with Crippen molar-refractivity contribution >= 4 is 52.1 Å². The number of carbonyl (C=O) groups is 4. The Kier molecular flexibility index (Phi) is 11.7. The molecule has 3 aliphatic rings. The number of anilines is 1. The van der Waals surface area contributed by atoms with Crippen molar-refractivity contribution in [3.05, 3.63) is 82.4 Å². The highest BCUT2D eigenvalue weighted by Crippen LogP contribution is 2.29. The van der Waals surface area contributed by atoms with Crippen LogP contribution in [0, 0.1) is 5.95 Å². The Morgan fingerprint density at radius 1 is 0.820 bits per heavy atom. The molecular weight excluding hydrogens is 661 g/mol. The Morgan fingerprint density at radius 3 is 1.94 bits per heavy atom. The van der Waals surface area contributed by atoms with E-state index in [1.807, 2.05) is 17.0 Å². The van der Waals surface area contributed by atoms with E-state index in [1.54, 1.807) is 43.3 Å². The second kappa shape index (κ2) is 16.2. The predicted octanol–water partition coefficient (Wildman–Crippen LogP) is 6.34. The smallest absolute Gasteiger partial charge is 0.244 e. The predicted molar refractivity (Wildman–Crippen MR) is 177 cm³/mol. The Bertz CT molecular complexity index is 1850. The van der Waals surface area contributed by atoms with Crippen LogP contribution in [0.5, 0.6) is 0 Å². The molecule has 1 fully saturated rings. The lowest BCUT2D eigenvalue weighted by Gasteiger charge is -2.36. The zero-order valence-electron chi connectivity index (χ0n) is 27.2. The molecule has 4 heterocycles. The number of rotatable bonds is 10. The summed E-state index contributed by atoms with van der Waals surface area (Å²) in [5.41, 5.74) is 4.28. The lowest BCUT2D eigenvalue weighted by atomic mass is 9.97. The summed E-state index contributed by atoms with van der Waals surface area (Å²) < 4.78 is 64.2. The number of carbonyl (C=O) groups excluding carboxylic acids is 4. The van der Waals surface area contributed by atoms with Crippen LogP contribution in [0.4, 0.5) is 39.0 Å². The summed E-state index contributed by atoms with van der Waals surface area (Å²) in [6, 6.07) is 13.4. The van der Waals surface area contributed by atoms with Crippen molar-refractivity contribution in [3.8, 4) is 0 Å². The lowest BCUT2D eigenvalue weighted by molar-refractivity contribution is -0.113. The second-order valence-corrected chi connectivity index (χ2v) is 12.0. The maximum absolute atomic E-state index is 14.5. The highest BCUT2D eigenvalue weighted by atomic mass is 19.3. The van der Waals surface area contributed by atoms with E-state index in [1.165, 1.54) is 0 Å². The summed E-state index contributed by atoms with van der Waals surface area (Å²) in [4.78, 5) is 62.0. The van der Waals surface area contributed by atoms with E-state index in [2.05, 4.69) is 19.9 Å².